The summed E-state index contributed by atoms with van der Waals surface area (Å²) in [5.41, 5.74) is 5.24. The quantitative estimate of drug-likeness (QED) is 0.573. The summed E-state index contributed by atoms with van der Waals surface area (Å²) in [4.78, 5) is 32.7. The summed E-state index contributed by atoms with van der Waals surface area (Å²) in [6.07, 6.45) is 1.20. The highest BCUT2D eigenvalue weighted by Crippen LogP contribution is 2.30. The Morgan fingerprint density at radius 3 is 2.53 bits per heavy atom. The third-order valence-electron chi connectivity index (χ3n) is 3.04. The highest BCUT2D eigenvalue weighted by Gasteiger charge is 2.28. The molecule has 1 aromatic heterocycles. The molecule has 0 bridgehead atoms. The zero-order valence-corrected chi connectivity index (χ0v) is 10.4. The van der Waals surface area contributed by atoms with Gasteiger partial charge in [0.2, 0.25) is 17.5 Å². The summed E-state index contributed by atoms with van der Waals surface area (Å²) >= 11 is 0. The van der Waals surface area contributed by atoms with Gasteiger partial charge in [-0.15, -0.1) is 0 Å². The number of aromatic nitrogens is 2. The Kier molecular flexibility index (Phi) is 3.45. The van der Waals surface area contributed by atoms with E-state index in [1.807, 2.05) is 0 Å². The number of nitro groups is 1. The molecular formula is C10H14N6O3. The lowest BCUT2D eigenvalue weighted by molar-refractivity contribution is -0.383. The number of hydrogen-bond donors (Lipinski definition) is 1. The molecule has 1 aromatic rings. The molecule has 0 aliphatic carbocycles. The number of carbonyl (C=O) groups excluding carboxylic acids is 1. The Labute approximate surface area is 109 Å². The molecule has 1 fully saturated rings. The van der Waals surface area contributed by atoms with Crippen LogP contribution in [0.15, 0.2) is 6.33 Å². The molecule has 0 aromatic carbocycles. The molecule has 2 N–H and O–H groups in total. The summed E-state index contributed by atoms with van der Waals surface area (Å²) in [7, 11) is 0. The number of rotatable bonds is 2. The van der Waals surface area contributed by atoms with Gasteiger partial charge >= 0.3 is 5.69 Å². The average molecular weight is 266 g/mol. The maximum Gasteiger partial charge on any atom is 0.353 e. The van der Waals surface area contributed by atoms with Crippen LogP contribution in [0.4, 0.5) is 17.3 Å². The fraction of sp³-hybridized carbons (Fsp3) is 0.500. The zero-order chi connectivity index (χ0) is 14.0. The Bertz CT molecular complexity index is 512. The van der Waals surface area contributed by atoms with Crippen molar-refractivity contribution in [2.45, 2.75) is 6.92 Å². The topological polar surface area (TPSA) is 118 Å². The van der Waals surface area contributed by atoms with Crippen molar-refractivity contribution in [1.82, 2.24) is 14.9 Å². The van der Waals surface area contributed by atoms with E-state index in [1.165, 1.54) is 13.3 Å². The Morgan fingerprint density at radius 1 is 1.37 bits per heavy atom. The molecular weight excluding hydrogens is 252 g/mol. The standard InChI is InChI=1S/C10H14N6O3/c1-7(17)14-2-4-15(5-3-14)10-8(16(18)19)9(11)12-6-13-10/h6H,2-5H2,1H3,(H2,11,12,13). The van der Waals surface area contributed by atoms with E-state index in [0.29, 0.717) is 26.2 Å². The first-order valence-corrected chi connectivity index (χ1v) is 5.76. The molecule has 102 valence electrons. The third-order valence-corrected chi connectivity index (χ3v) is 3.04. The van der Waals surface area contributed by atoms with Crippen LogP contribution in [-0.2, 0) is 4.79 Å². The fourth-order valence-corrected chi connectivity index (χ4v) is 2.02. The number of anilines is 2. The maximum atomic E-state index is 11.2. The van der Waals surface area contributed by atoms with Crippen LogP contribution in [0.5, 0.6) is 0 Å². The van der Waals surface area contributed by atoms with Crippen LogP contribution in [0.2, 0.25) is 0 Å². The monoisotopic (exact) mass is 266 g/mol. The van der Waals surface area contributed by atoms with E-state index in [2.05, 4.69) is 9.97 Å². The van der Waals surface area contributed by atoms with Crippen molar-refractivity contribution in [3.8, 4) is 0 Å². The molecule has 19 heavy (non-hydrogen) atoms. The van der Waals surface area contributed by atoms with Crippen LogP contribution in [0.1, 0.15) is 6.92 Å². The molecule has 0 unspecified atom stereocenters. The van der Waals surface area contributed by atoms with E-state index in [9.17, 15) is 14.9 Å². The smallest absolute Gasteiger partial charge is 0.353 e. The molecule has 0 saturated carbocycles. The van der Waals surface area contributed by atoms with E-state index >= 15 is 0 Å². The van der Waals surface area contributed by atoms with E-state index in [1.54, 1.807) is 9.80 Å². The molecule has 1 amide bonds. The van der Waals surface area contributed by atoms with Crippen LogP contribution in [0.25, 0.3) is 0 Å². The van der Waals surface area contributed by atoms with Crippen LogP contribution in [-0.4, -0.2) is 51.9 Å². The summed E-state index contributed by atoms with van der Waals surface area (Å²) in [6.45, 7) is 3.49. The normalized spacial score (nSPS) is 15.4. The molecule has 1 saturated heterocycles. The van der Waals surface area contributed by atoms with Gasteiger partial charge in [0.1, 0.15) is 6.33 Å². The van der Waals surface area contributed by atoms with Crippen LogP contribution >= 0.6 is 0 Å². The van der Waals surface area contributed by atoms with Gasteiger partial charge in [-0.1, -0.05) is 0 Å². The number of carbonyl (C=O) groups is 1. The van der Waals surface area contributed by atoms with Gasteiger partial charge in [-0.05, 0) is 0 Å². The predicted molar refractivity (Wildman–Crippen MR) is 67.6 cm³/mol. The molecule has 0 atom stereocenters. The molecule has 2 rings (SSSR count). The first kappa shape index (κ1) is 13.0. The average Bonchev–Trinajstić information content (AvgIpc) is 2.38. The minimum absolute atomic E-state index is 0.00338. The highest BCUT2D eigenvalue weighted by molar-refractivity contribution is 5.74. The summed E-state index contributed by atoms with van der Waals surface area (Å²) in [6, 6.07) is 0. The van der Waals surface area contributed by atoms with Crippen LogP contribution in [0.3, 0.4) is 0 Å². The van der Waals surface area contributed by atoms with Crippen molar-refractivity contribution >= 4 is 23.2 Å². The van der Waals surface area contributed by atoms with Gasteiger partial charge in [-0.2, -0.15) is 0 Å². The van der Waals surface area contributed by atoms with E-state index < -0.39 is 4.92 Å². The molecule has 0 radical (unpaired) electrons. The van der Waals surface area contributed by atoms with Gasteiger partial charge in [-0.3, -0.25) is 14.9 Å². The van der Waals surface area contributed by atoms with Gasteiger partial charge in [0.15, 0.2) is 0 Å². The second kappa shape index (κ2) is 5.04. The van der Waals surface area contributed by atoms with Crippen molar-refractivity contribution in [3.63, 3.8) is 0 Å². The highest BCUT2D eigenvalue weighted by atomic mass is 16.6. The molecule has 0 spiro atoms. The lowest BCUT2D eigenvalue weighted by Crippen LogP contribution is -2.48. The fourth-order valence-electron chi connectivity index (χ4n) is 2.02. The van der Waals surface area contributed by atoms with Crippen molar-refractivity contribution in [2.24, 2.45) is 0 Å². The van der Waals surface area contributed by atoms with Gasteiger partial charge in [0, 0.05) is 33.1 Å². The van der Waals surface area contributed by atoms with Crippen molar-refractivity contribution in [2.75, 3.05) is 36.8 Å². The molecule has 9 nitrogen and oxygen atoms in total. The second-order valence-corrected chi connectivity index (χ2v) is 4.18. The van der Waals surface area contributed by atoms with Crippen molar-refractivity contribution < 1.29 is 9.72 Å². The summed E-state index contributed by atoms with van der Waals surface area (Å²) < 4.78 is 0. The lowest BCUT2D eigenvalue weighted by atomic mass is 10.3. The molecule has 2 heterocycles. The number of nitrogen functional groups attached to an aromatic ring is 1. The molecule has 1 aliphatic rings. The van der Waals surface area contributed by atoms with Crippen LogP contribution in [0, 0.1) is 10.1 Å². The first-order chi connectivity index (χ1) is 9.00. The van der Waals surface area contributed by atoms with E-state index in [4.69, 9.17) is 5.73 Å². The Balaban J connectivity index is 2.22. The maximum absolute atomic E-state index is 11.2. The SMILES string of the molecule is CC(=O)N1CCN(c2ncnc(N)c2[N+](=O)[O-])CC1. The summed E-state index contributed by atoms with van der Waals surface area (Å²) in [5.74, 6) is 0.0565. The zero-order valence-electron chi connectivity index (χ0n) is 10.4. The number of amides is 1. The minimum Gasteiger partial charge on any atom is -0.378 e. The van der Waals surface area contributed by atoms with Crippen molar-refractivity contribution in [1.29, 1.82) is 0 Å². The number of nitrogens with two attached hydrogens (primary N) is 1. The van der Waals surface area contributed by atoms with Gasteiger partial charge in [0.05, 0.1) is 4.92 Å². The predicted octanol–water partition coefficient (Wildman–Crippen LogP) is -0.365. The van der Waals surface area contributed by atoms with Gasteiger partial charge in [0.25, 0.3) is 0 Å². The number of nitrogens with zero attached hydrogens (tertiary/aromatic N) is 5. The van der Waals surface area contributed by atoms with Crippen LogP contribution < -0.4 is 10.6 Å². The Morgan fingerprint density at radius 2 is 2.00 bits per heavy atom. The molecule has 1 aliphatic heterocycles. The van der Waals surface area contributed by atoms with E-state index in [-0.39, 0.29) is 23.2 Å². The number of hydrogen-bond acceptors (Lipinski definition) is 7. The minimum atomic E-state index is -0.581. The van der Waals surface area contributed by atoms with Gasteiger partial charge < -0.3 is 15.5 Å². The van der Waals surface area contributed by atoms with E-state index in [0.717, 1.165) is 0 Å². The first-order valence-electron chi connectivity index (χ1n) is 5.76. The molecule has 9 heteroatoms. The summed E-state index contributed by atoms with van der Waals surface area (Å²) in [5, 5.41) is 11.0. The largest absolute Gasteiger partial charge is 0.378 e. The number of piperazine rings is 1. The second-order valence-electron chi connectivity index (χ2n) is 4.18. The Hall–Kier alpha value is -2.45. The lowest BCUT2D eigenvalue weighted by Gasteiger charge is -2.34. The van der Waals surface area contributed by atoms with Gasteiger partial charge in [-0.25, -0.2) is 9.97 Å². The third kappa shape index (κ3) is 2.54. The van der Waals surface area contributed by atoms with Crippen molar-refractivity contribution in [3.05, 3.63) is 16.4 Å².